The van der Waals surface area contributed by atoms with Crippen LogP contribution >= 0.6 is 0 Å². The molecule has 0 aliphatic rings. The van der Waals surface area contributed by atoms with E-state index in [0.717, 1.165) is 55.4 Å². The summed E-state index contributed by atoms with van der Waals surface area (Å²) in [5, 5.41) is 9.15. The highest BCUT2D eigenvalue weighted by Gasteiger charge is 2.10. The topological polar surface area (TPSA) is 43.2 Å². The molecule has 0 atom stereocenters. The number of ether oxygens (including phenoxy) is 2. The number of nitrogens with zero attached hydrogens (tertiary/aromatic N) is 2. The molecule has 3 aromatic carbocycles. The maximum atomic E-state index is 6.25. The minimum absolute atomic E-state index is 0.353. The van der Waals surface area contributed by atoms with E-state index in [1.807, 2.05) is 12.1 Å². The lowest BCUT2D eigenvalue weighted by molar-refractivity contribution is 0.300. The van der Waals surface area contributed by atoms with Gasteiger partial charge in [0.25, 0.3) is 0 Å². The Kier molecular flexibility index (Phi) is 18.2. The second-order valence-corrected chi connectivity index (χ2v) is 13.2. The molecule has 46 heavy (non-hydrogen) atoms. The smallest absolute Gasteiger partial charge is 0.122 e. The third-order valence-corrected chi connectivity index (χ3v) is 8.79. The minimum atomic E-state index is 0.353. The quantitative estimate of drug-likeness (QED) is 0.0733. The summed E-state index contributed by atoms with van der Waals surface area (Å²) in [6, 6.07) is 20.8. The fourth-order valence-electron chi connectivity index (χ4n) is 5.87. The molecule has 0 aliphatic heterocycles. The van der Waals surface area contributed by atoms with Crippen LogP contribution in [0.4, 0.5) is 11.4 Å². The van der Waals surface area contributed by atoms with Crippen LogP contribution in [-0.4, -0.2) is 13.2 Å². The predicted molar refractivity (Wildman–Crippen MR) is 198 cm³/mol. The maximum Gasteiger partial charge on any atom is 0.122 e. The van der Waals surface area contributed by atoms with Crippen molar-refractivity contribution < 1.29 is 9.47 Å². The summed E-state index contributed by atoms with van der Waals surface area (Å²) in [7, 11) is 0. The fraction of sp³-hybridized carbons (Fsp3) is 0.571. The van der Waals surface area contributed by atoms with Gasteiger partial charge in [-0.3, -0.25) is 0 Å². The van der Waals surface area contributed by atoms with Crippen LogP contribution in [0, 0.1) is 6.92 Å². The van der Waals surface area contributed by atoms with Gasteiger partial charge in [-0.2, -0.15) is 10.2 Å². The summed E-state index contributed by atoms with van der Waals surface area (Å²) in [4.78, 5) is 0. The lowest BCUT2D eigenvalue weighted by Gasteiger charge is -2.14. The molecule has 0 aliphatic carbocycles. The Balaban J connectivity index is 1.39. The first kappa shape index (κ1) is 37.3. The molecule has 0 fully saturated rings. The lowest BCUT2D eigenvalue weighted by Crippen LogP contribution is -2.01. The molecular weight excluding hydrogens is 564 g/mol. The zero-order valence-electron chi connectivity index (χ0n) is 29.8. The molecule has 0 unspecified atom stereocenters. The van der Waals surface area contributed by atoms with Crippen molar-refractivity contribution in [3.8, 4) is 22.6 Å². The van der Waals surface area contributed by atoms with E-state index in [4.69, 9.17) is 9.47 Å². The molecule has 4 nitrogen and oxygen atoms in total. The van der Waals surface area contributed by atoms with Gasteiger partial charge >= 0.3 is 0 Å². The number of hydrogen-bond donors (Lipinski definition) is 0. The third-order valence-electron chi connectivity index (χ3n) is 8.79. The molecule has 0 aromatic heterocycles. The molecule has 0 spiro atoms. The third kappa shape index (κ3) is 14.1. The monoisotopic (exact) mass is 626 g/mol. The van der Waals surface area contributed by atoms with Crippen molar-refractivity contribution >= 4 is 11.4 Å². The Morgan fingerprint density at radius 1 is 0.543 bits per heavy atom. The molecule has 0 saturated heterocycles. The van der Waals surface area contributed by atoms with Crippen LogP contribution in [0.2, 0.25) is 0 Å². The number of benzene rings is 3. The largest absolute Gasteiger partial charge is 0.494 e. The van der Waals surface area contributed by atoms with E-state index < -0.39 is 0 Å². The first-order valence-electron chi connectivity index (χ1n) is 18.5. The van der Waals surface area contributed by atoms with E-state index >= 15 is 0 Å². The van der Waals surface area contributed by atoms with Gasteiger partial charge in [-0.15, -0.1) is 0 Å². The van der Waals surface area contributed by atoms with Crippen molar-refractivity contribution in [3.05, 3.63) is 71.8 Å². The molecule has 0 radical (unpaired) electrons. The summed E-state index contributed by atoms with van der Waals surface area (Å²) in [6.07, 6.45) is 21.4. The second-order valence-electron chi connectivity index (χ2n) is 13.2. The molecule has 0 N–H and O–H groups in total. The summed E-state index contributed by atoms with van der Waals surface area (Å²) >= 11 is 0. The van der Waals surface area contributed by atoms with Crippen LogP contribution < -0.4 is 9.47 Å². The molecule has 3 rings (SSSR count). The summed E-state index contributed by atoms with van der Waals surface area (Å²) in [6.45, 7) is 12.6. The molecule has 0 heterocycles. The minimum Gasteiger partial charge on any atom is -0.494 e. The first-order chi connectivity index (χ1) is 22.5. The van der Waals surface area contributed by atoms with Gasteiger partial charge < -0.3 is 9.47 Å². The average Bonchev–Trinajstić information content (AvgIpc) is 3.06. The standard InChI is InChI=1S/C42H62N2O2/c1-6-8-10-11-12-13-14-15-16-17-18-19-20-21-31-46-42-29-25-38(33-41(42)34(3)4)44-43-37-24-28-40(35(5)32-37)36-22-26-39(27-23-36)45-30-9-7-2/h22-29,32-34H,6-21,30-31H2,1-5H3/b44-43+. The highest BCUT2D eigenvalue weighted by atomic mass is 16.5. The number of azo groups is 1. The van der Waals surface area contributed by atoms with Crippen LogP contribution in [0.5, 0.6) is 11.5 Å². The molecule has 4 heteroatoms. The van der Waals surface area contributed by atoms with Crippen molar-refractivity contribution in [3.63, 3.8) is 0 Å². The van der Waals surface area contributed by atoms with Crippen molar-refractivity contribution in [2.45, 2.75) is 143 Å². The van der Waals surface area contributed by atoms with Gasteiger partial charge in [0.1, 0.15) is 11.5 Å². The average molecular weight is 627 g/mol. The van der Waals surface area contributed by atoms with Crippen LogP contribution in [0.15, 0.2) is 70.9 Å². The van der Waals surface area contributed by atoms with Gasteiger partial charge in [0.2, 0.25) is 0 Å². The molecule has 0 bridgehead atoms. The summed E-state index contributed by atoms with van der Waals surface area (Å²) in [5.41, 5.74) is 6.44. The highest BCUT2D eigenvalue weighted by Crippen LogP contribution is 2.33. The molecule has 0 saturated carbocycles. The number of aryl methyl sites for hydroxylation is 1. The molecular formula is C42H62N2O2. The Labute approximate surface area is 281 Å². The van der Waals surface area contributed by atoms with E-state index in [9.17, 15) is 0 Å². The van der Waals surface area contributed by atoms with Gasteiger partial charge in [0.15, 0.2) is 0 Å². The molecule has 3 aromatic rings. The normalized spacial score (nSPS) is 11.5. The van der Waals surface area contributed by atoms with Crippen molar-refractivity contribution in [1.29, 1.82) is 0 Å². The summed E-state index contributed by atoms with van der Waals surface area (Å²) < 4.78 is 12.1. The van der Waals surface area contributed by atoms with E-state index in [2.05, 4.69) is 93.4 Å². The van der Waals surface area contributed by atoms with Crippen LogP contribution in [-0.2, 0) is 0 Å². The maximum absolute atomic E-state index is 6.25. The molecule has 0 amide bonds. The number of rotatable bonds is 24. The van der Waals surface area contributed by atoms with Crippen molar-refractivity contribution in [2.75, 3.05) is 13.2 Å². The molecule has 252 valence electrons. The van der Waals surface area contributed by atoms with Gasteiger partial charge in [0.05, 0.1) is 24.6 Å². The first-order valence-corrected chi connectivity index (χ1v) is 18.5. The zero-order chi connectivity index (χ0) is 32.8. The van der Waals surface area contributed by atoms with E-state index in [0.29, 0.717) is 5.92 Å². The van der Waals surface area contributed by atoms with Gasteiger partial charge in [-0.25, -0.2) is 0 Å². The van der Waals surface area contributed by atoms with Crippen LogP contribution in [0.3, 0.4) is 0 Å². The predicted octanol–water partition coefficient (Wildman–Crippen LogP) is 14.2. The van der Waals surface area contributed by atoms with Crippen LogP contribution in [0.25, 0.3) is 11.1 Å². The Bertz CT molecular complexity index is 1270. The second kappa shape index (κ2) is 22.4. The van der Waals surface area contributed by atoms with Crippen LogP contribution in [0.1, 0.15) is 147 Å². The van der Waals surface area contributed by atoms with Gasteiger partial charge in [0, 0.05) is 0 Å². The number of hydrogen-bond acceptors (Lipinski definition) is 4. The number of unbranched alkanes of at least 4 members (excludes halogenated alkanes) is 14. The van der Waals surface area contributed by atoms with Crippen molar-refractivity contribution in [2.24, 2.45) is 10.2 Å². The lowest BCUT2D eigenvalue weighted by atomic mass is 10.00. The van der Waals surface area contributed by atoms with E-state index in [1.54, 1.807) is 0 Å². The highest BCUT2D eigenvalue weighted by molar-refractivity contribution is 5.70. The fourth-order valence-corrected chi connectivity index (χ4v) is 5.87. The summed E-state index contributed by atoms with van der Waals surface area (Å²) in [5.74, 6) is 2.25. The Hall–Kier alpha value is -3.14. The Morgan fingerprint density at radius 3 is 1.63 bits per heavy atom. The van der Waals surface area contributed by atoms with E-state index in [1.165, 1.54) is 106 Å². The van der Waals surface area contributed by atoms with Gasteiger partial charge in [-0.05, 0) is 90.4 Å². The van der Waals surface area contributed by atoms with E-state index in [-0.39, 0.29) is 0 Å². The van der Waals surface area contributed by atoms with Crippen molar-refractivity contribution in [1.82, 2.24) is 0 Å². The SMILES string of the molecule is CCCCCCCCCCCCCCCCOc1ccc(/N=N/c2ccc(-c3ccc(OCCCC)cc3)c(C)c2)cc1C(C)C. The Morgan fingerprint density at radius 2 is 1.07 bits per heavy atom. The zero-order valence-corrected chi connectivity index (χ0v) is 29.8. The van der Waals surface area contributed by atoms with Gasteiger partial charge in [-0.1, -0.05) is 136 Å².